The van der Waals surface area contributed by atoms with E-state index in [1.54, 1.807) is 0 Å². The van der Waals surface area contributed by atoms with E-state index in [2.05, 4.69) is 0 Å². The molecule has 1 heterocycles. The van der Waals surface area contributed by atoms with Gasteiger partial charge in [-0.15, -0.1) is 0 Å². The number of nitro benzene ring substituents is 2. The fourth-order valence-corrected chi connectivity index (χ4v) is 2.07. The lowest BCUT2D eigenvalue weighted by molar-refractivity contribution is -0.394. The molecule has 0 aliphatic rings. The predicted octanol–water partition coefficient (Wildman–Crippen LogP) is 1.57. The molecule has 0 atom stereocenters. The van der Waals surface area contributed by atoms with Crippen molar-refractivity contribution in [1.82, 2.24) is 0 Å². The van der Waals surface area contributed by atoms with Crippen molar-refractivity contribution in [1.29, 1.82) is 0 Å². The van der Waals surface area contributed by atoms with Crippen LogP contribution in [0.4, 0.5) is 11.4 Å². The van der Waals surface area contributed by atoms with E-state index in [0.29, 0.717) is 0 Å². The molecule has 2 aromatic rings. The largest absolute Gasteiger partial charge is 0.448 e. The Morgan fingerprint density at radius 1 is 1.00 bits per heavy atom. The van der Waals surface area contributed by atoms with Crippen LogP contribution in [0.15, 0.2) is 34.7 Å². The highest BCUT2D eigenvalue weighted by Crippen LogP contribution is 2.36. The van der Waals surface area contributed by atoms with E-state index < -0.39 is 34.3 Å². The van der Waals surface area contributed by atoms with E-state index in [-0.39, 0.29) is 11.3 Å². The molecule has 0 radical (unpaired) electrons. The van der Waals surface area contributed by atoms with Crippen molar-refractivity contribution < 1.29 is 28.6 Å². The van der Waals surface area contributed by atoms with E-state index in [1.165, 1.54) is 0 Å². The summed E-state index contributed by atoms with van der Waals surface area (Å²) in [6, 6.07) is 4.96. The number of non-ortho nitro benzene ring substituents is 2. The van der Waals surface area contributed by atoms with Crippen LogP contribution in [0.5, 0.6) is 0 Å². The molecule has 0 unspecified atom stereocenters. The Balaban J connectivity index is 2.58. The van der Waals surface area contributed by atoms with Crippen LogP contribution in [0.3, 0.4) is 0 Å². The Morgan fingerprint density at radius 2 is 1.52 bits per heavy atom. The Hall–Kier alpha value is -2.55. The minimum Gasteiger partial charge on any atom is -0.448 e. The number of nitro groups is 2. The first-order valence-electron chi connectivity index (χ1n) is 5.28. The zero-order valence-corrected chi connectivity index (χ0v) is 11.0. The number of hydrogen-bond donors (Lipinski definition) is 2. The zero-order chi connectivity index (χ0) is 15.8. The Bertz CT molecular complexity index is 745. The highest BCUT2D eigenvalue weighted by Gasteiger charge is 2.24. The molecular weight excluding hydrogens is 307 g/mol. The molecule has 0 saturated carbocycles. The standard InChI is InChI=1S/C10H7N2O8P/c13-11(14)7-3-6(4-8(5-7)12(15)16)9-1-2-10(20-9)21(17,18)19/h1-5H,(H2,17,18,19). The van der Waals surface area contributed by atoms with Crippen LogP contribution in [0.2, 0.25) is 0 Å². The van der Waals surface area contributed by atoms with E-state index in [4.69, 9.17) is 14.2 Å². The van der Waals surface area contributed by atoms with Crippen LogP contribution in [-0.4, -0.2) is 19.6 Å². The second-order valence-corrected chi connectivity index (χ2v) is 5.46. The third-order valence-corrected chi connectivity index (χ3v) is 3.30. The quantitative estimate of drug-likeness (QED) is 0.489. The van der Waals surface area contributed by atoms with Gasteiger partial charge in [-0.05, 0) is 12.1 Å². The van der Waals surface area contributed by atoms with Crippen molar-refractivity contribution in [3.8, 4) is 11.3 Å². The van der Waals surface area contributed by atoms with Gasteiger partial charge in [0, 0.05) is 17.7 Å². The van der Waals surface area contributed by atoms with Gasteiger partial charge < -0.3 is 14.2 Å². The first-order chi connectivity index (χ1) is 9.68. The molecule has 0 fully saturated rings. The number of furan rings is 1. The molecule has 0 saturated heterocycles. The SMILES string of the molecule is O=[N+]([O-])c1cc(-c2ccc(P(=O)(O)O)o2)cc([N+](=O)[O-])c1. The fraction of sp³-hybridized carbons (Fsp3) is 0. The molecule has 110 valence electrons. The lowest BCUT2D eigenvalue weighted by atomic mass is 10.1. The first kappa shape index (κ1) is 14.9. The Labute approximate surface area is 116 Å². The van der Waals surface area contributed by atoms with Gasteiger partial charge in [0.1, 0.15) is 5.76 Å². The van der Waals surface area contributed by atoms with Gasteiger partial charge in [0.05, 0.1) is 15.9 Å². The third-order valence-electron chi connectivity index (χ3n) is 2.49. The maximum absolute atomic E-state index is 11.0. The molecule has 0 amide bonds. The average molecular weight is 314 g/mol. The maximum Gasteiger partial charge on any atom is 0.391 e. The van der Waals surface area contributed by atoms with E-state index >= 15 is 0 Å². The summed E-state index contributed by atoms with van der Waals surface area (Å²) in [5, 5.41) is 21.5. The normalized spacial score (nSPS) is 11.3. The van der Waals surface area contributed by atoms with Gasteiger partial charge in [-0.2, -0.15) is 0 Å². The third kappa shape index (κ3) is 3.14. The summed E-state index contributed by atoms with van der Waals surface area (Å²) < 4.78 is 15.9. The van der Waals surface area contributed by atoms with E-state index in [0.717, 1.165) is 30.3 Å². The van der Waals surface area contributed by atoms with Crippen LogP contribution in [0, 0.1) is 20.2 Å². The highest BCUT2D eigenvalue weighted by molar-refractivity contribution is 7.59. The molecule has 2 N–H and O–H groups in total. The molecule has 0 aliphatic heterocycles. The van der Waals surface area contributed by atoms with Gasteiger partial charge in [0.2, 0.25) is 5.50 Å². The summed E-state index contributed by atoms with van der Waals surface area (Å²) in [4.78, 5) is 37.7. The highest BCUT2D eigenvalue weighted by atomic mass is 31.2. The molecule has 1 aromatic carbocycles. The summed E-state index contributed by atoms with van der Waals surface area (Å²) in [7, 11) is -4.61. The van der Waals surface area contributed by atoms with Gasteiger partial charge >= 0.3 is 7.60 Å². The summed E-state index contributed by atoms with van der Waals surface area (Å²) in [6.45, 7) is 0. The summed E-state index contributed by atoms with van der Waals surface area (Å²) >= 11 is 0. The van der Waals surface area contributed by atoms with E-state index in [1.807, 2.05) is 0 Å². The second kappa shape index (κ2) is 5.09. The molecule has 2 rings (SSSR count). The molecular formula is C10H7N2O8P. The molecule has 0 aliphatic carbocycles. The molecule has 1 aromatic heterocycles. The smallest absolute Gasteiger partial charge is 0.391 e. The van der Waals surface area contributed by atoms with Crippen molar-refractivity contribution >= 4 is 24.5 Å². The molecule has 21 heavy (non-hydrogen) atoms. The van der Waals surface area contributed by atoms with Gasteiger partial charge in [0.15, 0.2) is 0 Å². The van der Waals surface area contributed by atoms with Crippen molar-refractivity contribution in [2.45, 2.75) is 0 Å². The fourth-order valence-electron chi connectivity index (χ4n) is 1.59. The lowest BCUT2D eigenvalue weighted by Crippen LogP contribution is -1.98. The Morgan fingerprint density at radius 3 is 1.90 bits per heavy atom. The van der Waals surface area contributed by atoms with Gasteiger partial charge in [-0.25, -0.2) is 0 Å². The lowest BCUT2D eigenvalue weighted by Gasteiger charge is -2.00. The van der Waals surface area contributed by atoms with Gasteiger partial charge in [-0.3, -0.25) is 24.8 Å². The van der Waals surface area contributed by atoms with Crippen molar-refractivity contribution in [3.63, 3.8) is 0 Å². The molecule has 0 spiro atoms. The monoisotopic (exact) mass is 314 g/mol. The minimum absolute atomic E-state index is 0.0319. The maximum atomic E-state index is 11.0. The average Bonchev–Trinajstić information content (AvgIpc) is 2.87. The number of nitrogens with zero attached hydrogens (tertiary/aromatic N) is 2. The summed E-state index contributed by atoms with van der Waals surface area (Å²) in [5.74, 6) is -0.125. The van der Waals surface area contributed by atoms with Gasteiger partial charge in [-0.1, -0.05) is 0 Å². The molecule has 0 bridgehead atoms. The van der Waals surface area contributed by atoms with Crippen molar-refractivity contribution in [2.24, 2.45) is 0 Å². The summed E-state index contributed by atoms with van der Waals surface area (Å²) in [5.41, 5.74) is -1.73. The Kier molecular flexibility index (Phi) is 3.60. The van der Waals surface area contributed by atoms with Crippen molar-refractivity contribution in [2.75, 3.05) is 0 Å². The van der Waals surface area contributed by atoms with E-state index in [9.17, 15) is 24.8 Å². The van der Waals surface area contributed by atoms with Gasteiger partial charge in [0.25, 0.3) is 11.4 Å². The second-order valence-electron chi connectivity index (χ2n) is 3.93. The zero-order valence-electron chi connectivity index (χ0n) is 10.1. The minimum atomic E-state index is -4.61. The van der Waals surface area contributed by atoms with Crippen LogP contribution in [0.25, 0.3) is 11.3 Å². The van der Waals surface area contributed by atoms with Crippen LogP contribution >= 0.6 is 7.60 Å². The topological polar surface area (TPSA) is 157 Å². The van der Waals surface area contributed by atoms with Crippen LogP contribution in [-0.2, 0) is 4.57 Å². The first-order valence-corrected chi connectivity index (χ1v) is 6.90. The number of benzene rings is 1. The van der Waals surface area contributed by atoms with Crippen LogP contribution < -0.4 is 5.50 Å². The van der Waals surface area contributed by atoms with Crippen molar-refractivity contribution in [3.05, 3.63) is 50.6 Å². The molecule has 10 nitrogen and oxygen atoms in total. The van der Waals surface area contributed by atoms with Crippen LogP contribution in [0.1, 0.15) is 0 Å². The molecule has 11 heteroatoms. The predicted molar refractivity (Wildman–Crippen MR) is 69.1 cm³/mol. The number of hydrogen-bond acceptors (Lipinski definition) is 6. The summed E-state index contributed by atoms with van der Waals surface area (Å²) in [6.07, 6.45) is 0. The number of rotatable bonds is 4.